The zero-order valence-corrected chi connectivity index (χ0v) is 18.3. The lowest BCUT2D eigenvalue weighted by atomic mass is 10.1. The third kappa shape index (κ3) is 4.59. The van der Waals surface area contributed by atoms with Crippen molar-refractivity contribution in [3.63, 3.8) is 0 Å². The van der Waals surface area contributed by atoms with Gasteiger partial charge in [0.25, 0.3) is 0 Å². The Labute approximate surface area is 185 Å². The molecule has 3 aromatic rings. The standard InChI is InChI=1S/C23H24N4O3S/c1-4-12-27-22(20-13-29-18-10-5-6-11-19(18)30-20)25-26-23(27)31-14-21(28)24-17-9-7-8-15(2)16(17)3/h4-11,20H,1,12-14H2,2-3H3,(H,24,28). The summed E-state index contributed by atoms with van der Waals surface area (Å²) < 4.78 is 13.8. The van der Waals surface area contributed by atoms with E-state index < -0.39 is 0 Å². The molecule has 2 aromatic carbocycles. The van der Waals surface area contributed by atoms with E-state index >= 15 is 0 Å². The Kier molecular flexibility index (Phi) is 6.27. The van der Waals surface area contributed by atoms with Gasteiger partial charge < -0.3 is 14.8 Å². The Bertz CT molecular complexity index is 1110. The summed E-state index contributed by atoms with van der Waals surface area (Å²) in [7, 11) is 0. The molecule has 0 spiro atoms. The van der Waals surface area contributed by atoms with Gasteiger partial charge in [-0.2, -0.15) is 0 Å². The van der Waals surface area contributed by atoms with Crippen molar-refractivity contribution in [2.45, 2.75) is 31.7 Å². The van der Waals surface area contributed by atoms with Crippen molar-refractivity contribution in [3.8, 4) is 11.5 Å². The zero-order chi connectivity index (χ0) is 21.8. The van der Waals surface area contributed by atoms with Crippen molar-refractivity contribution in [2.24, 2.45) is 0 Å². The van der Waals surface area contributed by atoms with Gasteiger partial charge in [-0.1, -0.05) is 42.1 Å². The van der Waals surface area contributed by atoms with Crippen LogP contribution >= 0.6 is 11.8 Å². The maximum Gasteiger partial charge on any atom is 0.234 e. The molecule has 0 saturated carbocycles. The Morgan fingerprint density at radius 3 is 2.84 bits per heavy atom. The van der Waals surface area contributed by atoms with Crippen LogP contribution in [0.1, 0.15) is 23.1 Å². The van der Waals surface area contributed by atoms with Crippen LogP contribution in [0, 0.1) is 13.8 Å². The van der Waals surface area contributed by atoms with Gasteiger partial charge in [-0.3, -0.25) is 9.36 Å². The summed E-state index contributed by atoms with van der Waals surface area (Å²) in [6.45, 7) is 8.69. The van der Waals surface area contributed by atoms with E-state index in [4.69, 9.17) is 9.47 Å². The number of aryl methyl sites for hydroxylation is 1. The number of anilines is 1. The summed E-state index contributed by atoms with van der Waals surface area (Å²) in [6, 6.07) is 13.4. The molecule has 4 rings (SSSR count). The van der Waals surface area contributed by atoms with E-state index in [1.54, 1.807) is 6.08 Å². The van der Waals surface area contributed by atoms with Gasteiger partial charge in [-0.15, -0.1) is 16.8 Å². The second kappa shape index (κ2) is 9.26. The van der Waals surface area contributed by atoms with Crippen LogP contribution in [-0.4, -0.2) is 33.0 Å². The minimum absolute atomic E-state index is 0.0976. The van der Waals surface area contributed by atoms with E-state index in [1.807, 2.05) is 60.9 Å². The fourth-order valence-electron chi connectivity index (χ4n) is 3.30. The van der Waals surface area contributed by atoms with E-state index in [0.29, 0.717) is 35.6 Å². The fourth-order valence-corrected chi connectivity index (χ4v) is 4.05. The molecule has 0 saturated heterocycles. The quantitative estimate of drug-likeness (QED) is 0.439. The molecule has 1 N–H and O–H groups in total. The largest absolute Gasteiger partial charge is 0.485 e. The number of para-hydroxylation sites is 2. The summed E-state index contributed by atoms with van der Waals surface area (Å²) in [5, 5.41) is 12.2. The molecule has 7 nitrogen and oxygen atoms in total. The smallest absolute Gasteiger partial charge is 0.234 e. The molecular formula is C23H24N4O3S. The van der Waals surface area contributed by atoms with Gasteiger partial charge in [0.2, 0.25) is 5.91 Å². The van der Waals surface area contributed by atoms with Crippen LogP contribution in [0.15, 0.2) is 60.3 Å². The molecule has 8 heteroatoms. The predicted molar refractivity (Wildman–Crippen MR) is 121 cm³/mol. The molecule has 2 heterocycles. The normalized spacial score (nSPS) is 14.8. The molecule has 0 aliphatic carbocycles. The first kappa shape index (κ1) is 21.0. The van der Waals surface area contributed by atoms with Crippen LogP contribution in [-0.2, 0) is 11.3 Å². The van der Waals surface area contributed by atoms with Crippen LogP contribution < -0.4 is 14.8 Å². The monoisotopic (exact) mass is 436 g/mol. The number of nitrogens with zero attached hydrogens (tertiary/aromatic N) is 3. The van der Waals surface area contributed by atoms with Crippen LogP contribution in [0.4, 0.5) is 5.69 Å². The van der Waals surface area contributed by atoms with Crippen LogP contribution in [0.3, 0.4) is 0 Å². The van der Waals surface area contributed by atoms with Gasteiger partial charge in [0.05, 0.1) is 5.75 Å². The number of thioether (sulfide) groups is 1. The second-order valence-corrected chi connectivity index (χ2v) is 8.13. The van der Waals surface area contributed by atoms with Crippen molar-refractivity contribution in [1.29, 1.82) is 0 Å². The lowest BCUT2D eigenvalue weighted by Crippen LogP contribution is -2.25. The molecule has 1 aromatic heterocycles. The first-order chi connectivity index (χ1) is 15.1. The number of aromatic nitrogens is 3. The Balaban J connectivity index is 1.46. The van der Waals surface area contributed by atoms with E-state index in [1.165, 1.54) is 11.8 Å². The average Bonchev–Trinajstić information content (AvgIpc) is 3.18. The summed E-state index contributed by atoms with van der Waals surface area (Å²) in [6.07, 6.45) is 1.38. The molecule has 1 aliphatic heterocycles. The summed E-state index contributed by atoms with van der Waals surface area (Å²) >= 11 is 1.33. The maximum absolute atomic E-state index is 12.5. The van der Waals surface area contributed by atoms with Gasteiger partial charge in [0.1, 0.15) is 6.61 Å². The minimum atomic E-state index is -0.388. The molecule has 0 radical (unpaired) electrons. The number of benzene rings is 2. The molecule has 1 aliphatic rings. The van der Waals surface area contributed by atoms with Crippen LogP contribution in [0.5, 0.6) is 11.5 Å². The first-order valence-corrected chi connectivity index (χ1v) is 11.0. The number of rotatable bonds is 7. The number of ether oxygens (including phenoxy) is 2. The number of nitrogens with one attached hydrogen (secondary N) is 1. The molecule has 0 bridgehead atoms. The van der Waals surface area contributed by atoms with Gasteiger partial charge in [0.15, 0.2) is 28.6 Å². The summed E-state index contributed by atoms with van der Waals surface area (Å²) in [4.78, 5) is 12.5. The van der Waals surface area contributed by atoms with Crippen molar-refractivity contribution in [2.75, 3.05) is 17.7 Å². The second-order valence-electron chi connectivity index (χ2n) is 7.19. The van der Waals surface area contributed by atoms with Crippen LogP contribution in [0.2, 0.25) is 0 Å². The Hall–Kier alpha value is -3.26. The van der Waals surface area contributed by atoms with Crippen molar-refractivity contribution in [3.05, 3.63) is 72.1 Å². The van der Waals surface area contributed by atoms with E-state index in [0.717, 1.165) is 16.8 Å². The number of allylic oxidation sites excluding steroid dienone is 1. The zero-order valence-electron chi connectivity index (χ0n) is 17.5. The molecule has 1 atom stereocenters. The number of hydrogen-bond donors (Lipinski definition) is 1. The molecule has 1 amide bonds. The highest BCUT2D eigenvalue weighted by atomic mass is 32.2. The summed E-state index contributed by atoms with van der Waals surface area (Å²) in [5.74, 6) is 2.15. The Morgan fingerprint density at radius 1 is 1.23 bits per heavy atom. The molecular weight excluding hydrogens is 412 g/mol. The van der Waals surface area contributed by atoms with E-state index in [9.17, 15) is 4.79 Å². The lowest BCUT2D eigenvalue weighted by Gasteiger charge is -2.26. The lowest BCUT2D eigenvalue weighted by molar-refractivity contribution is -0.113. The first-order valence-electron chi connectivity index (χ1n) is 9.98. The number of carbonyl (C=O) groups is 1. The molecule has 160 valence electrons. The van der Waals surface area contributed by atoms with E-state index in [-0.39, 0.29) is 17.8 Å². The molecule has 31 heavy (non-hydrogen) atoms. The van der Waals surface area contributed by atoms with Crippen molar-refractivity contribution < 1.29 is 14.3 Å². The van der Waals surface area contributed by atoms with Gasteiger partial charge >= 0.3 is 0 Å². The van der Waals surface area contributed by atoms with E-state index in [2.05, 4.69) is 22.1 Å². The third-order valence-electron chi connectivity index (χ3n) is 5.06. The van der Waals surface area contributed by atoms with Crippen molar-refractivity contribution >= 4 is 23.4 Å². The highest BCUT2D eigenvalue weighted by Crippen LogP contribution is 2.36. The predicted octanol–water partition coefficient (Wildman–Crippen LogP) is 4.32. The highest BCUT2D eigenvalue weighted by molar-refractivity contribution is 7.99. The molecule has 0 fully saturated rings. The number of fused-ring (bicyclic) bond motifs is 1. The SMILES string of the molecule is C=CCn1c(SCC(=O)Nc2cccc(C)c2C)nnc1C1COc2ccccc2O1. The van der Waals surface area contributed by atoms with Crippen LogP contribution in [0.25, 0.3) is 0 Å². The average molecular weight is 437 g/mol. The molecule has 1 unspecified atom stereocenters. The topological polar surface area (TPSA) is 78.3 Å². The van der Waals surface area contributed by atoms with Gasteiger partial charge in [0, 0.05) is 12.2 Å². The number of amides is 1. The van der Waals surface area contributed by atoms with Crippen molar-refractivity contribution in [1.82, 2.24) is 14.8 Å². The number of hydrogen-bond acceptors (Lipinski definition) is 6. The Morgan fingerprint density at radius 2 is 2.03 bits per heavy atom. The summed E-state index contributed by atoms with van der Waals surface area (Å²) in [5.41, 5.74) is 3.02. The van der Waals surface area contributed by atoms with Gasteiger partial charge in [-0.05, 0) is 43.2 Å². The fraction of sp³-hybridized carbons (Fsp3) is 0.261. The number of carbonyl (C=O) groups excluding carboxylic acids is 1. The third-order valence-corrected chi connectivity index (χ3v) is 6.03. The van der Waals surface area contributed by atoms with Gasteiger partial charge in [-0.25, -0.2) is 0 Å². The maximum atomic E-state index is 12.5. The minimum Gasteiger partial charge on any atom is -0.485 e. The highest BCUT2D eigenvalue weighted by Gasteiger charge is 2.28.